The molecule has 4 aromatic carbocycles. The molecule has 15 nitrogen and oxygen atoms in total. The molecule has 3 N–H and O–H groups in total. The molecule has 0 aliphatic carbocycles. The van der Waals surface area contributed by atoms with Crippen LogP contribution in [0.4, 0.5) is 10.9 Å². The van der Waals surface area contributed by atoms with Crippen LogP contribution in [0.5, 0.6) is 5.75 Å². The second-order valence-electron chi connectivity index (χ2n) is 20.5. The van der Waals surface area contributed by atoms with Gasteiger partial charge in [0.1, 0.15) is 11.6 Å². The van der Waals surface area contributed by atoms with Crippen LogP contribution < -0.4 is 20.3 Å². The number of thiazole rings is 1. The first kappa shape index (κ1) is 49.2. The lowest BCUT2D eigenvalue weighted by atomic mass is 9.88. The Morgan fingerprint density at radius 3 is 2.41 bits per heavy atom. The van der Waals surface area contributed by atoms with E-state index in [0.29, 0.717) is 72.9 Å². The van der Waals surface area contributed by atoms with Crippen molar-refractivity contribution in [3.63, 3.8) is 0 Å². The Balaban J connectivity index is 0.632. The van der Waals surface area contributed by atoms with Gasteiger partial charge in [0.05, 0.1) is 34.0 Å². The van der Waals surface area contributed by atoms with Crippen LogP contribution in [0.25, 0.3) is 32.2 Å². The zero-order valence-corrected chi connectivity index (χ0v) is 43.0. The van der Waals surface area contributed by atoms with Gasteiger partial charge in [0, 0.05) is 56.2 Å². The van der Waals surface area contributed by atoms with E-state index >= 15 is 0 Å². The fourth-order valence-electron chi connectivity index (χ4n) is 11.7. The van der Waals surface area contributed by atoms with Crippen molar-refractivity contribution in [3.8, 4) is 16.9 Å². The number of piperidine rings is 3. The third kappa shape index (κ3) is 10.4. The van der Waals surface area contributed by atoms with Gasteiger partial charge in [-0.15, -0.1) is 0 Å². The van der Waals surface area contributed by atoms with Gasteiger partial charge in [-0.05, 0) is 167 Å². The van der Waals surface area contributed by atoms with Crippen LogP contribution in [0.1, 0.15) is 112 Å². The highest BCUT2D eigenvalue weighted by atomic mass is 32.1. The molecule has 3 fully saturated rings. The minimum Gasteiger partial charge on any atom is -0.493 e. The molecule has 3 saturated heterocycles. The monoisotopic (exact) mass is 1010 g/mol. The standard InChI is InChI=1S/C58H63N9O6S/c1-36-41(42-17-19-51(60-54(42)57(71)72)67-30-25-39-9-5-11-43(46(39)35-67)55(69)62-58-59-47-12-3-4-14-50(47)74-58)10-6-13-49(36)73-33-7-8-37-21-26-65(27-22-37)31-32-66-28-23-38(24-29-66)40-15-16-44-48(34-40)64(2)63-53(44)45-18-20-52(68)61-56(45)70/h3-6,9-17,19,34,37-38,45H,7-8,18,20-33,35H2,1-2H3,(H,71,72)(H,59,62,69)(H,61,68,70). The molecule has 3 amide bonds. The summed E-state index contributed by atoms with van der Waals surface area (Å²) in [5.41, 5.74) is 8.71. The highest BCUT2D eigenvalue weighted by molar-refractivity contribution is 7.22. The van der Waals surface area contributed by atoms with E-state index < -0.39 is 11.9 Å². The number of pyridine rings is 1. The number of fused-ring (bicyclic) bond motifs is 3. The first-order valence-electron chi connectivity index (χ1n) is 26.3. The van der Waals surface area contributed by atoms with E-state index in [4.69, 9.17) is 14.8 Å². The van der Waals surface area contributed by atoms with E-state index in [0.717, 1.165) is 120 Å². The number of amides is 3. The molecule has 0 radical (unpaired) electrons. The lowest BCUT2D eigenvalue weighted by Gasteiger charge is -2.36. The first-order valence-corrected chi connectivity index (χ1v) is 27.1. The van der Waals surface area contributed by atoms with Crippen LogP contribution in [-0.2, 0) is 29.6 Å². The van der Waals surface area contributed by atoms with Crippen molar-refractivity contribution in [1.29, 1.82) is 0 Å². The van der Waals surface area contributed by atoms with Crippen LogP contribution in [0.15, 0.2) is 91.0 Å². The Bertz CT molecular complexity index is 3230. The summed E-state index contributed by atoms with van der Waals surface area (Å²) in [7, 11) is 1.94. The smallest absolute Gasteiger partial charge is 0.355 e. The van der Waals surface area contributed by atoms with Crippen molar-refractivity contribution in [2.75, 3.05) is 62.6 Å². The fourth-order valence-corrected chi connectivity index (χ4v) is 12.6. The lowest BCUT2D eigenvalue weighted by molar-refractivity contribution is -0.134. The quantitative estimate of drug-likeness (QED) is 0.0657. The number of aryl methyl sites for hydroxylation is 1. The molecule has 74 heavy (non-hydrogen) atoms. The maximum Gasteiger partial charge on any atom is 0.355 e. The number of carboxylic acids is 1. The molecular formula is C58H63N9O6S. The maximum atomic E-state index is 13.7. The highest BCUT2D eigenvalue weighted by Crippen LogP contribution is 2.37. The van der Waals surface area contributed by atoms with Gasteiger partial charge in [0.25, 0.3) is 5.91 Å². The van der Waals surface area contributed by atoms with Gasteiger partial charge in [-0.2, -0.15) is 5.10 Å². The summed E-state index contributed by atoms with van der Waals surface area (Å²) >= 11 is 1.44. The molecule has 382 valence electrons. The number of anilines is 2. The molecule has 3 aromatic heterocycles. The Morgan fingerprint density at radius 1 is 0.838 bits per heavy atom. The number of likely N-dealkylation sites (tertiary alicyclic amines) is 2. The summed E-state index contributed by atoms with van der Waals surface area (Å²) in [6.45, 7) is 10.3. The van der Waals surface area contributed by atoms with Crippen molar-refractivity contribution in [2.45, 2.75) is 83.1 Å². The van der Waals surface area contributed by atoms with Crippen LogP contribution in [0, 0.1) is 12.8 Å². The van der Waals surface area contributed by atoms with Gasteiger partial charge in [0.2, 0.25) is 11.8 Å². The molecule has 1 unspecified atom stereocenters. The van der Waals surface area contributed by atoms with Crippen LogP contribution in [-0.4, -0.2) is 111 Å². The highest BCUT2D eigenvalue weighted by Gasteiger charge is 2.33. The normalized spacial score (nSPS) is 18.2. The van der Waals surface area contributed by atoms with Crippen molar-refractivity contribution >= 4 is 67.1 Å². The van der Waals surface area contributed by atoms with Crippen LogP contribution in [0.2, 0.25) is 0 Å². The van der Waals surface area contributed by atoms with Crippen molar-refractivity contribution in [1.82, 2.24) is 34.9 Å². The van der Waals surface area contributed by atoms with Crippen molar-refractivity contribution in [2.24, 2.45) is 13.0 Å². The minimum absolute atomic E-state index is 0.0212. The molecule has 16 heteroatoms. The molecule has 1 atom stereocenters. The number of benzene rings is 4. The summed E-state index contributed by atoms with van der Waals surface area (Å²) < 4.78 is 9.27. The second kappa shape index (κ2) is 21.5. The Kier molecular flexibility index (Phi) is 14.3. The molecule has 7 aromatic rings. The molecule has 0 bridgehead atoms. The number of aromatic nitrogens is 4. The number of rotatable bonds is 15. The number of carbonyl (C=O) groups is 4. The molecule has 0 saturated carbocycles. The zero-order chi connectivity index (χ0) is 50.9. The summed E-state index contributed by atoms with van der Waals surface area (Å²) in [6, 6.07) is 29.7. The van der Waals surface area contributed by atoms with Gasteiger partial charge in [-0.1, -0.05) is 59.9 Å². The molecule has 7 heterocycles. The number of nitrogens with zero attached hydrogens (tertiary/aromatic N) is 7. The molecular weight excluding hydrogens is 951 g/mol. The van der Waals surface area contributed by atoms with Crippen LogP contribution >= 0.6 is 11.3 Å². The number of ether oxygens (including phenoxy) is 1. The Labute approximate surface area is 434 Å². The lowest BCUT2D eigenvalue weighted by Crippen LogP contribution is -2.42. The van der Waals surface area contributed by atoms with Gasteiger partial charge in [0.15, 0.2) is 10.8 Å². The maximum absolute atomic E-state index is 13.7. The topological polar surface area (TPSA) is 175 Å². The zero-order valence-electron chi connectivity index (χ0n) is 42.1. The van der Waals surface area contributed by atoms with Gasteiger partial charge >= 0.3 is 5.97 Å². The van der Waals surface area contributed by atoms with E-state index in [1.807, 2.05) is 96.3 Å². The summed E-state index contributed by atoms with van der Waals surface area (Å²) in [5.74, 6) is 0.303. The van der Waals surface area contributed by atoms with Gasteiger partial charge in [-0.25, -0.2) is 14.8 Å². The molecule has 4 aliphatic heterocycles. The molecule has 11 rings (SSSR count). The fraction of sp³-hybridized carbons (Fsp3) is 0.397. The van der Waals surface area contributed by atoms with Crippen molar-refractivity contribution in [3.05, 3.63) is 130 Å². The number of nitrogens with one attached hydrogen (secondary N) is 2. The summed E-state index contributed by atoms with van der Waals surface area (Å²) in [6.07, 6.45) is 8.26. The average Bonchev–Trinajstić information content (AvgIpc) is 3.98. The van der Waals surface area contributed by atoms with Gasteiger partial charge < -0.3 is 24.5 Å². The SMILES string of the molecule is Cc1c(OCCCC2CCN(CCN3CCC(c4ccc5c(C6CCC(=O)NC6=O)nn(C)c5c4)CC3)CC2)cccc1-c1ccc(N2CCc3cccc(C(=O)Nc4nc5ccccc5s4)c3C2)nc1C(=O)O. The van der Waals surface area contributed by atoms with Gasteiger partial charge in [-0.3, -0.25) is 29.7 Å². The summed E-state index contributed by atoms with van der Waals surface area (Å²) in [5, 5.41) is 22.3. The van der Waals surface area contributed by atoms with E-state index in [1.165, 1.54) is 29.7 Å². The number of para-hydroxylation sites is 1. The number of aromatic carboxylic acids is 1. The second-order valence-corrected chi connectivity index (χ2v) is 21.6. The molecule has 4 aliphatic rings. The third-order valence-corrected chi connectivity index (χ3v) is 17.0. The number of carbonyl (C=O) groups excluding carboxylic acids is 3. The average molecular weight is 1010 g/mol. The predicted molar refractivity (Wildman–Crippen MR) is 288 cm³/mol. The van der Waals surface area contributed by atoms with Crippen molar-refractivity contribution < 1.29 is 29.0 Å². The number of hydrogen-bond acceptors (Lipinski definition) is 12. The largest absolute Gasteiger partial charge is 0.493 e. The van der Waals surface area contributed by atoms with E-state index in [1.54, 1.807) is 0 Å². The Morgan fingerprint density at radius 2 is 1.62 bits per heavy atom. The first-order chi connectivity index (χ1) is 36.0. The molecule has 0 spiro atoms. The number of carboxylic acid groups (broad SMARTS) is 1. The van der Waals surface area contributed by atoms with Crippen LogP contribution in [0.3, 0.4) is 0 Å². The third-order valence-electron chi connectivity index (χ3n) is 16.0. The number of hydrogen-bond donors (Lipinski definition) is 3. The van der Waals surface area contributed by atoms with E-state index in [2.05, 4.69) is 43.6 Å². The Hall–Kier alpha value is -7.01. The van der Waals surface area contributed by atoms with E-state index in [9.17, 15) is 24.3 Å². The summed E-state index contributed by atoms with van der Waals surface area (Å²) in [4.78, 5) is 67.5. The van der Waals surface area contributed by atoms with E-state index in [-0.39, 0.29) is 23.4 Å². The predicted octanol–water partition coefficient (Wildman–Crippen LogP) is 9.34. The number of imide groups is 1. The minimum atomic E-state index is -1.10.